The second-order valence-electron chi connectivity index (χ2n) is 7.19. The summed E-state index contributed by atoms with van der Waals surface area (Å²) < 4.78 is 7.52. The molecule has 1 aromatic carbocycles. The van der Waals surface area contributed by atoms with Crippen LogP contribution in [-0.4, -0.2) is 27.5 Å². The molecular weight excluding hydrogens is 362 g/mol. The molecular formula is C20H27N3O3S. The molecule has 2 atom stereocenters. The molecule has 6 nitrogen and oxygen atoms in total. The summed E-state index contributed by atoms with van der Waals surface area (Å²) in [6.45, 7) is 8.13. The first-order valence-electron chi connectivity index (χ1n) is 9.43. The predicted molar refractivity (Wildman–Crippen MR) is 110 cm³/mol. The molecule has 0 saturated heterocycles. The largest absolute Gasteiger partial charge is 0.491 e. The van der Waals surface area contributed by atoms with Crippen LogP contribution in [0.25, 0.3) is 0 Å². The number of benzene rings is 1. The maximum absolute atomic E-state index is 12.8. The van der Waals surface area contributed by atoms with E-state index < -0.39 is 0 Å². The highest BCUT2D eigenvalue weighted by atomic mass is 32.2. The minimum atomic E-state index is -0.203. The molecule has 2 N–H and O–H groups in total. The third-order valence-corrected chi connectivity index (χ3v) is 5.84. The molecule has 1 aliphatic rings. The van der Waals surface area contributed by atoms with Crippen molar-refractivity contribution in [3.63, 3.8) is 0 Å². The Morgan fingerprint density at radius 1 is 1.22 bits per heavy atom. The molecule has 0 saturated carbocycles. The lowest BCUT2D eigenvalue weighted by atomic mass is 10.1. The van der Waals surface area contributed by atoms with Crippen molar-refractivity contribution < 1.29 is 9.53 Å². The summed E-state index contributed by atoms with van der Waals surface area (Å²) in [5, 5.41) is 5.67. The van der Waals surface area contributed by atoms with Gasteiger partial charge in [-0.2, -0.15) is 0 Å². The Bertz CT molecular complexity index is 854. The Morgan fingerprint density at radius 2 is 1.93 bits per heavy atom. The first kappa shape index (κ1) is 19.6. The standard InChI is InChI=1S/C20H27N3O3S/c1-5-6-13(4)23-19-17(20(25)22-23)18(27-11-16(24)21-19)14-7-9-15(10-8-14)26-12(2)3/h7-10,12-13,18H,5-6,11H2,1-4H3,(H,21,24)(H,22,25)/t13-,18-/m0/s1. The van der Waals surface area contributed by atoms with Crippen molar-refractivity contribution in [3.05, 3.63) is 45.7 Å². The quantitative estimate of drug-likeness (QED) is 0.780. The molecule has 7 heteroatoms. The van der Waals surface area contributed by atoms with Gasteiger partial charge in [0.2, 0.25) is 5.91 Å². The molecule has 0 bridgehead atoms. The number of nitrogens with zero attached hydrogens (tertiary/aromatic N) is 1. The van der Waals surface area contributed by atoms with E-state index in [2.05, 4.69) is 24.3 Å². The number of thioether (sulfide) groups is 1. The van der Waals surface area contributed by atoms with E-state index in [1.165, 1.54) is 11.8 Å². The van der Waals surface area contributed by atoms with E-state index in [4.69, 9.17) is 4.74 Å². The molecule has 0 unspecified atom stereocenters. The second kappa shape index (κ2) is 8.25. The number of hydrogen-bond acceptors (Lipinski definition) is 4. The van der Waals surface area contributed by atoms with Crippen molar-refractivity contribution >= 4 is 23.5 Å². The van der Waals surface area contributed by atoms with Gasteiger partial charge in [-0.15, -0.1) is 11.8 Å². The molecule has 146 valence electrons. The first-order chi connectivity index (χ1) is 12.9. The number of fused-ring (bicyclic) bond motifs is 1. The zero-order valence-corrected chi connectivity index (χ0v) is 17.1. The fourth-order valence-electron chi connectivity index (χ4n) is 3.38. The van der Waals surface area contributed by atoms with Crippen molar-refractivity contribution in [3.8, 4) is 5.75 Å². The lowest BCUT2D eigenvalue weighted by Crippen LogP contribution is -2.18. The van der Waals surface area contributed by atoms with Gasteiger partial charge in [0.25, 0.3) is 5.56 Å². The van der Waals surface area contributed by atoms with Gasteiger partial charge in [0.05, 0.1) is 22.7 Å². The summed E-state index contributed by atoms with van der Waals surface area (Å²) in [4.78, 5) is 25.0. The summed E-state index contributed by atoms with van der Waals surface area (Å²) in [5.74, 6) is 1.62. The van der Waals surface area contributed by atoms with Gasteiger partial charge in [0.1, 0.15) is 11.6 Å². The fraction of sp³-hybridized carbons (Fsp3) is 0.500. The number of H-pyrrole nitrogens is 1. The number of amides is 1. The number of ether oxygens (including phenoxy) is 1. The Balaban J connectivity index is 2.01. The molecule has 27 heavy (non-hydrogen) atoms. The van der Waals surface area contributed by atoms with E-state index in [1.807, 2.05) is 42.8 Å². The Hall–Kier alpha value is -2.15. The third-order valence-electron chi connectivity index (χ3n) is 4.57. The monoisotopic (exact) mass is 389 g/mol. The highest BCUT2D eigenvalue weighted by Gasteiger charge is 2.31. The molecule has 2 heterocycles. The SMILES string of the molecule is CCC[C@H](C)n1[nH]c(=O)c2c1NC(=O)CS[C@H]2c1ccc(OC(C)C)cc1. The summed E-state index contributed by atoms with van der Waals surface area (Å²) in [6.07, 6.45) is 2.03. The summed E-state index contributed by atoms with van der Waals surface area (Å²) >= 11 is 1.47. The summed E-state index contributed by atoms with van der Waals surface area (Å²) in [7, 11) is 0. The normalized spacial score (nSPS) is 18.0. The van der Waals surface area contributed by atoms with Gasteiger partial charge in [-0.25, -0.2) is 0 Å². The molecule has 1 aromatic heterocycles. The van der Waals surface area contributed by atoms with Gasteiger partial charge in [0.15, 0.2) is 0 Å². The number of carbonyl (C=O) groups excluding carboxylic acids is 1. The van der Waals surface area contributed by atoms with E-state index in [0.717, 1.165) is 24.2 Å². The summed E-state index contributed by atoms with van der Waals surface area (Å²) in [6, 6.07) is 7.89. The van der Waals surface area contributed by atoms with E-state index >= 15 is 0 Å². The van der Waals surface area contributed by atoms with Crippen molar-refractivity contribution in [2.24, 2.45) is 0 Å². The number of carbonyl (C=O) groups is 1. The Kier molecular flexibility index (Phi) is 5.99. The minimum absolute atomic E-state index is 0.0834. The maximum atomic E-state index is 12.8. The smallest absolute Gasteiger partial charge is 0.270 e. The van der Waals surface area contributed by atoms with Crippen molar-refractivity contribution in [1.82, 2.24) is 9.78 Å². The molecule has 0 aliphatic carbocycles. The zero-order valence-electron chi connectivity index (χ0n) is 16.2. The van der Waals surface area contributed by atoms with Gasteiger partial charge < -0.3 is 10.1 Å². The van der Waals surface area contributed by atoms with Crippen molar-refractivity contribution in [2.45, 2.75) is 57.9 Å². The van der Waals surface area contributed by atoms with Crippen LogP contribution < -0.4 is 15.6 Å². The molecule has 1 amide bonds. The van der Waals surface area contributed by atoms with E-state index in [1.54, 1.807) is 0 Å². The van der Waals surface area contributed by atoms with Gasteiger partial charge in [-0.3, -0.25) is 19.4 Å². The van der Waals surface area contributed by atoms with Crippen molar-refractivity contribution in [2.75, 3.05) is 11.1 Å². The molecule has 0 fully saturated rings. The van der Waals surface area contributed by atoms with E-state index in [0.29, 0.717) is 17.1 Å². The Morgan fingerprint density at radius 3 is 2.56 bits per heavy atom. The average Bonchev–Trinajstić information content (AvgIpc) is 2.82. The van der Waals surface area contributed by atoms with Crippen LogP contribution in [0.3, 0.4) is 0 Å². The van der Waals surface area contributed by atoms with E-state index in [-0.39, 0.29) is 28.9 Å². The number of nitrogens with one attached hydrogen (secondary N) is 2. The first-order valence-corrected chi connectivity index (χ1v) is 10.5. The van der Waals surface area contributed by atoms with Crippen LogP contribution in [0.15, 0.2) is 29.1 Å². The molecule has 0 radical (unpaired) electrons. The lowest BCUT2D eigenvalue weighted by molar-refractivity contribution is -0.113. The van der Waals surface area contributed by atoms with Gasteiger partial charge in [-0.1, -0.05) is 25.5 Å². The number of hydrogen-bond donors (Lipinski definition) is 2. The number of aromatic amines is 1. The third kappa shape index (κ3) is 4.24. The zero-order chi connectivity index (χ0) is 19.6. The van der Waals surface area contributed by atoms with Crippen LogP contribution >= 0.6 is 11.8 Å². The van der Waals surface area contributed by atoms with E-state index in [9.17, 15) is 9.59 Å². The average molecular weight is 390 g/mol. The van der Waals surface area contributed by atoms with Gasteiger partial charge >= 0.3 is 0 Å². The van der Waals surface area contributed by atoms with Gasteiger partial charge in [0, 0.05) is 6.04 Å². The van der Waals surface area contributed by atoms with Crippen molar-refractivity contribution in [1.29, 1.82) is 0 Å². The van der Waals surface area contributed by atoms with Gasteiger partial charge in [-0.05, 0) is 44.9 Å². The number of anilines is 1. The summed E-state index contributed by atoms with van der Waals surface area (Å²) in [5.41, 5.74) is 1.46. The topological polar surface area (TPSA) is 76.1 Å². The number of aromatic nitrogens is 2. The molecule has 2 aromatic rings. The fourth-order valence-corrected chi connectivity index (χ4v) is 4.50. The van der Waals surface area contributed by atoms with Crippen LogP contribution in [0.4, 0.5) is 5.82 Å². The van der Waals surface area contributed by atoms with Crippen LogP contribution in [-0.2, 0) is 4.79 Å². The maximum Gasteiger partial charge on any atom is 0.270 e. The molecule has 3 rings (SSSR count). The predicted octanol–water partition coefficient (Wildman–Crippen LogP) is 4.10. The highest BCUT2D eigenvalue weighted by Crippen LogP contribution is 2.40. The molecule has 0 spiro atoms. The van der Waals surface area contributed by atoms with Crippen LogP contribution in [0.2, 0.25) is 0 Å². The highest BCUT2D eigenvalue weighted by molar-refractivity contribution is 8.00. The Labute approximate surface area is 163 Å². The lowest BCUT2D eigenvalue weighted by Gasteiger charge is -2.17. The number of rotatable bonds is 6. The minimum Gasteiger partial charge on any atom is -0.491 e. The van der Waals surface area contributed by atoms with Crippen LogP contribution in [0.1, 0.15) is 63.0 Å². The molecule has 1 aliphatic heterocycles. The van der Waals surface area contributed by atoms with Crippen LogP contribution in [0.5, 0.6) is 5.75 Å². The second-order valence-corrected chi connectivity index (χ2v) is 8.28. The van der Waals surface area contributed by atoms with Crippen LogP contribution in [0, 0.1) is 0 Å².